The van der Waals surface area contributed by atoms with E-state index in [-0.39, 0.29) is 56.3 Å². The minimum absolute atomic E-state index is 0.00894. The van der Waals surface area contributed by atoms with Crippen molar-refractivity contribution in [1.82, 2.24) is 15.0 Å². The van der Waals surface area contributed by atoms with Crippen LogP contribution in [0.1, 0.15) is 87.3 Å². The van der Waals surface area contributed by atoms with Crippen molar-refractivity contribution in [2.45, 2.75) is 94.9 Å². The SMILES string of the molecule is C=CCOc1ccc2c(c1)[C@H]1[C@H](CCCCO)[C@@H](CCCCO)C=C3C(=NOCc4ccc([N+](=O)[O-])cc4)C[C@H](n4nncc4OC4CCCCO4)[C@@](OCC=C)(O2)[C@H]31. The van der Waals surface area contributed by atoms with E-state index in [2.05, 4.69) is 35.6 Å². The first kappa shape index (κ1) is 42.0. The predicted molar refractivity (Wildman–Crippen MR) is 218 cm³/mol. The Labute approximate surface area is 344 Å². The van der Waals surface area contributed by atoms with Crippen LogP contribution in [0, 0.1) is 27.9 Å². The maximum atomic E-state index is 11.3. The molecule has 2 aliphatic heterocycles. The average Bonchev–Trinajstić information content (AvgIpc) is 3.71. The van der Waals surface area contributed by atoms with E-state index in [4.69, 9.17) is 33.7 Å². The third-order valence-corrected chi connectivity index (χ3v) is 11.8. The van der Waals surface area contributed by atoms with Gasteiger partial charge in [0, 0.05) is 49.7 Å². The molecule has 0 radical (unpaired) electrons. The number of benzene rings is 2. The molecule has 0 amide bonds. The Bertz CT molecular complexity index is 1960. The van der Waals surface area contributed by atoms with E-state index in [1.807, 2.05) is 12.1 Å². The summed E-state index contributed by atoms with van der Waals surface area (Å²) in [5.41, 5.74) is 3.28. The van der Waals surface area contributed by atoms with E-state index >= 15 is 0 Å². The van der Waals surface area contributed by atoms with Crippen molar-refractivity contribution in [3.8, 4) is 17.4 Å². The normalized spacial score (nSPS) is 26.5. The van der Waals surface area contributed by atoms with E-state index in [0.29, 0.717) is 49.1 Å². The molecule has 2 aliphatic carbocycles. The van der Waals surface area contributed by atoms with Crippen LogP contribution >= 0.6 is 0 Å². The van der Waals surface area contributed by atoms with Crippen LogP contribution in [0.4, 0.5) is 5.69 Å². The number of allylic oxidation sites excluding steroid dienone is 1. The minimum Gasteiger partial charge on any atom is -0.490 e. The van der Waals surface area contributed by atoms with Gasteiger partial charge < -0.3 is 38.7 Å². The van der Waals surface area contributed by atoms with Gasteiger partial charge in [-0.1, -0.05) is 48.0 Å². The van der Waals surface area contributed by atoms with Crippen molar-refractivity contribution in [2.75, 3.05) is 33.0 Å². The van der Waals surface area contributed by atoms with Crippen molar-refractivity contribution in [3.63, 3.8) is 0 Å². The van der Waals surface area contributed by atoms with Crippen LogP contribution in [0.3, 0.4) is 0 Å². The van der Waals surface area contributed by atoms with Crippen molar-refractivity contribution in [1.29, 1.82) is 0 Å². The summed E-state index contributed by atoms with van der Waals surface area (Å²) in [7, 11) is 0. The van der Waals surface area contributed by atoms with Crippen LogP contribution in [0.2, 0.25) is 0 Å². The summed E-state index contributed by atoms with van der Waals surface area (Å²) in [6.07, 6.45) is 14.3. The molecule has 1 saturated heterocycles. The fourth-order valence-corrected chi connectivity index (χ4v) is 9.19. The molecular formula is C44H55N5O10. The maximum Gasteiger partial charge on any atom is 0.269 e. The summed E-state index contributed by atoms with van der Waals surface area (Å²) in [5, 5.41) is 44.9. The highest BCUT2D eigenvalue weighted by molar-refractivity contribution is 6.02. The molecule has 15 nitrogen and oxygen atoms in total. The number of hydrogen-bond donors (Lipinski definition) is 2. The van der Waals surface area contributed by atoms with Gasteiger partial charge in [-0.15, -0.1) is 11.7 Å². The summed E-state index contributed by atoms with van der Waals surface area (Å²) in [6, 6.07) is 11.4. The molecule has 2 aromatic carbocycles. The zero-order chi connectivity index (χ0) is 41.2. The van der Waals surface area contributed by atoms with E-state index in [1.165, 1.54) is 12.1 Å². The molecular weight excluding hydrogens is 759 g/mol. The Morgan fingerprint density at radius 2 is 1.83 bits per heavy atom. The summed E-state index contributed by atoms with van der Waals surface area (Å²) in [6.45, 7) is 9.22. The van der Waals surface area contributed by atoms with Crippen molar-refractivity contribution >= 4 is 11.4 Å². The Hall–Kier alpha value is -5.09. The van der Waals surface area contributed by atoms with Crippen LogP contribution in [0.25, 0.3) is 0 Å². The first-order valence-corrected chi connectivity index (χ1v) is 20.8. The summed E-state index contributed by atoms with van der Waals surface area (Å²) in [5.74, 6) is -0.139. The summed E-state index contributed by atoms with van der Waals surface area (Å²) < 4.78 is 34.6. The predicted octanol–water partition coefficient (Wildman–Crippen LogP) is 7.36. The van der Waals surface area contributed by atoms with Crippen molar-refractivity contribution in [2.24, 2.45) is 22.9 Å². The van der Waals surface area contributed by atoms with Crippen LogP contribution in [-0.2, 0) is 20.9 Å². The Morgan fingerprint density at radius 3 is 2.56 bits per heavy atom. The topological polar surface area (TPSA) is 182 Å². The number of nitro groups is 1. The first-order chi connectivity index (χ1) is 28.9. The number of aromatic nitrogens is 3. The first-order valence-electron chi connectivity index (χ1n) is 20.8. The number of nitrogens with zero attached hydrogens (tertiary/aromatic N) is 5. The third-order valence-electron chi connectivity index (χ3n) is 11.8. The molecule has 15 heteroatoms. The molecule has 4 aliphatic rings. The van der Waals surface area contributed by atoms with Gasteiger partial charge in [0.25, 0.3) is 5.69 Å². The Morgan fingerprint density at radius 1 is 1.03 bits per heavy atom. The molecule has 1 aromatic heterocycles. The third kappa shape index (κ3) is 9.23. The number of aliphatic hydroxyl groups excluding tert-OH is 2. The second-order valence-corrected chi connectivity index (χ2v) is 15.5. The summed E-state index contributed by atoms with van der Waals surface area (Å²) >= 11 is 0. The molecule has 2 N–H and O–H groups in total. The number of hydrogen-bond acceptors (Lipinski definition) is 13. The fourth-order valence-electron chi connectivity index (χ4n) is 9.19. The zero-order valence-electron chi connectivity index (χ0n) is 33.4. The van der Waals surface area contributed by atoms with Crippen LogP contribution in [0.5, 0.6) is 17.4 Å². The Kier molecular flexibility index (Phi) is 14.1. The number of nitro benzene ring substituents is 1. The Balaban J connectivity index is 1.40. The standard InChI is InChI=1S/C44H55N5O10/c1-3-22-54-33-18-19-38-36(26-33)42-34(12-6-9-21-51)31(11-5-8-20-50)25-35-37(46-57-29-30-14-16-32(17-15-30)49(52)53)27-39(44(59-38,43(35)42)56-23-4-2)48-40(28-45-47-48)58-41-13-7-10-24-55-41/h3-4,14-19,25-26,28,31,34,39,41-43,50-51H,1-2,5-13,20-24,27,29H2/t31-,34+,39-,41?,42+,43+,44+/m0/s1. The number of non-ortho nitro benzene ring substituents is 1. The van der Waals surface area contributed by atoms with Gasteiger partial charge in [-0.05, 0) is 91.8 Å². The number of fused-ring (bicyclic) bond motifs is 2. The van der Waals surface area contributed by atoms with Gasteiger partial charge in [-0.3, -0.25) is 10.1 Å². The van der Waals surface area contributed by atoms with Crippen LogP contribution in [0.15, 0.2) is 90.8 Å². The lowest BCUT2D eigenvalue weighted by molar-refractivity contribution is -0.384. The molecule has 1 saturated carbocycles. The lowest BCUT2D eigenvalue weighted by atomic mass is 9.55. The maximum absolute atomic E-state index is 11.3. The number of unbranched alkanes of at least 4 members (excludes halogenated alkanes) is 2. The highest BCUT2D eigenvalue weighted by atomic mass is 16.7. The molecule has 7 rings (SSSR count). The lowest BCUT2D eigenvalue weighted by Gasteiger charge is -2.58. The van der Waals surface area contributed by atoms with Crippen LogP contribution < -0.4 is 14.2 Å². The lowest BCUT2D eigenvalue weighted by Crippen LogP contribution is -2.63. The molecule has 316 valence electrons. The highest BCUT2D eigenvalue weighted by Crippen LogP contribution is 2.63. The molecule has 7 atom stereocenters. The fraction of sp³-hybridized carbons (Fsp3) is 0.523. The van der Waals surface area contributed by atoms with Gasteiger partial charge in [0.15, 0.2) is 0 Å². The van der Waals surface area contributed by atoms with Gasteiger partial charge in [-0.25, -0.2) is 4.68 Å². The van der Waals surface area contributed by atoms with Crippen LogP contribution in [-0.4, -0.2) is 81.0 Å². The molecule has 0 bridgehead atoms. The van der Waals surface area contributed by atoms with Crippen molar-refractivity contribution < 1.29 is 43.7 Å². The van der Waals surface area contributed by atoms with Gasteiger partial charge in [0.05, 0.1) is 29.8 Å². The minimum atomic E-state index is -1.37. The molecule has 1 unspecified atom stereocenters. The molecule has 3 heterocycles. The van der Waals surface area contributed by atoms with Gasteiger partial charge in [0.2, 0.25) is 18.0 Å². The number of ether oxygens (including phenoxy) is 5. The second kappa shape index (κ2) is 19.8. The number of aliphatic hydroxyl groups is 2. The van der Waals surface area contributed by atoms with E-state index in [1.54, 1.807) is 35.2 Å². The van der Waals surface area contributed by atoms with E-state index < -0.39 is 29.0 Å². The molecule has 0 spiro atoms. The van der Waals surface area contributed by atoms with Crippen molar-refractivity contribution in [3.05, 3.63) is 107 Å². The average molecular weight is 814 g/mol. The number of rotatable bonds is 21. The van der Waals surface area contributed by atoms with E-state index in [9.17, 15) is 20.3 Å². The largest absolute Gasteiger partial charge is 0.490 e. The summed E-state index contributed by atoms with van der Waals surface area (Å²) in [4.78, 5) is 17.0. The number of oxime groups is 1. The van der Waals surface area contributed by atoms with Gasteiger partial charge in [-0.2, -0.15) is 0 Å². The molecule has 2 fully saturated rings. The quantitative estimate of drug-likeness (QED) is 0.0473. The smallest absolute Gasteiger partial charge is 0.269 e. The van der Waals surface area contributed by atoms with E-state index in [0.717, 1.165) is 61.6 Å². The zero-order valence-corrected chi connectivity index (χ0v) is 33.4. The van der Waals surface area contributed by atoms with Gasteiger partial charge in [0.1, 0.15) is 37.0 Å². The highest BCUT2D eigenvalue weighted by Gasteiger charge is 2.65. The molecule has 3 aromatic rings. The van der Waals surface area contributed by atoms with Gasteiger partial charge >= 0.3 is 0 Å². The second-order valence-electron chi connectivity index (χ2n) is 15.5. The monoisotopic (exact) mass is 813 g/mol. The molecule has 59 heavy (non-hydrogen) atoms.